The molecule has 0 saturated carbocycles. The monoisotopic (exact) mass is 599 g/mol. The molecule has 0 unspecified atom stereocenters. The molecule has 3 aromatic rings. The Bertz CT molecular complexity index is 1180. The minimum Gasteiger partial charge on any atom is -0.503 e. The van der Waals surface area contributed by atoms with Crippen LogP contribution < -0.4 is 10.3 Å². The standard InChI is InChI=1S/C21H20Br3N3O3/c1-3-5-6-17-26-15-8-7-13(22)10-14(15)21(29)27(17)25-11-12-9-16(30-4-2)20(28)19(24)18(12)23/h7-11,28H,3-6H2,1-2H3. The lowest BCUT2D eigenvalue weighted by atomic mass is 10.2. The number of aromatic nitrogens is 2. The molecule has 158 valence electrons. The Morgan fingerprint density at radius 3 is 2.67 bits per heavy atom. The molecule has 6 nitrogen and oxygen atoms in total. The van der Waals surface area contributed by atoms with Crippen molar-refractivity contribution in [2.75, 3.05) is 6.61 Å². The van der Waals surface area contributed by atoms with Gasteiger partial charge in [0.2, 0.25) is 0 Å². The number of aromatic hydroxyl groups is 1. The molecule has 0 bridgehead atoms. The average Bonchev–Trinajstić information content (AvgIpc) is 2.73. The molecule has 0 saturated heterocycles. The van der Waals surface area contributed by atoms with E-state index in [9.17, 15) is 9.90 Å². The van der Waals surface area contributed by atoms with Crippen LogP contribution in [-0.4, -0.2) is 27.6 Å². The van der Waals surface area contributed by atoms with Gasteiger partial charge in [0.05, 0.1) is 28.2 Å². The number of hydrogen-bond donors (Lipinski definition) is 1. The number of rotatable bonds is 7. The highest BCUT2D eigenvalue weighted by Gasteiger charge is 2.15. The highest BCUT2D eigenvalue weighted by Crippen LogP contribution is 2.41. The minimum absolute atomic E-state index is 0.00102. The van der Waals surface area contributed by atoms with E-state index in [4.69, 9.17) is 4.74 Å². The SMILES string of the molecule is CCCCc1nc2ccc(Br)cc2c(=O)n1N=Cc1cc(OCC)c(O)c(Br)c1Br. The van der Waals surface area contributed by atoms with Crippen molar-refractivity contribution in [1.29, 1.82) is 0 Å². The fourth-order valence-electron chi connectivity index (χ4n) is 2.90. The summed E-state index contributed by atoms with van der Waals surface area (Å²) in [5.41, 5.74) is 1.06. The second-order valence-electron chi connectivity index (χ2n) is 6.53. The maximum atomic E-state index is 13.2. The van der Waals surface area contributed by atoms with E-state index >= 15 is 0 Å². The maximum absolute atomic E-state index is 13.2. The van der Waals surface area contributed by atoms with Gasteiger partial charge < -0.3 is 9.84 Å². The largest absolute Gasteiger partial charge is 0.503 e. The molecular formula is C21H20Br3N3O3. The highest BCUT2D eigenvalue weighted by molar-refractivity contribution is 9.13. The third kappa shape index (κ3) is 4.78. The molecule has 0 aliphatic rings. The number of unbranched alkanes of at least 4 members (excludes halogenated alkanes) is 1. The molecule has 2 aromatic carbocycles. The molecular weight excluding hydrogens is 582 g/mol. The van der Waals surface area contributed by atoms with Crippen molar-refractivity contribution in [3.63, 3.8) is 0 Å². The summed E-state index contributed by atoms with van der Waals surface area (Å²) in [7, 11) is 0. The van der Waals surface area contributed by atoms with Gasteiger partial charge in [-0.1, -0.05) is 29.3 Å². The van der Waals surface area contributed by atoms with Gasteiger partial charge in [-0.05, 0) is 69.5 Å². The van der Waals surface area contributed by atoms with Crippen LogP contribution in [0.15, 0.2) is 47.6 Å². The van der Waals surface area contributed by atoms with Gasteiger partial charge in [-0.25, -0.2) is 4.98 Å². The molecule has 3 rings (SSSR count). The first-order valence-corrected chi connectivity index (χ1v) is 11.8. The van der Waals surface area contributed by atoms with Crippen LogP contribution in [0.1, 0.15) is 38.1 Å². The molecule has 0 spiro atoms. The third-order valence-corrected chi connectivity index (χ3v) is 7.07. The molecule has 30 heavy (non-hydrogen) atoms. The van der Waals surface area contributed by atoms with E-state index in [0.717, 1.165) is 17.3 Å². The number of hydrogen-bond acceptors (Lipinski definition) is 5. The highest BCUT2D eigenvalue weighted by atomic mass is 79.9. The Hall–Kier alpha value is -1.71. The number of ether oxygens (including phenoxy) is 1. The van der Waals surface area contributed by atoms with Crippen LogP contribution in [0.3, 0.4) is 0 Å². The zero-order valence-corrected chi connectivity index (χ0v) is 21.2. The zero-order valence-electron chi connectivity index (χ0n) is 16.5. The van der Waals surface area contributed by atoms with Gasteiger partial charge in [0, 0.05) is 20.9 Å². The number of fused-ring (bicyclic) bond motifs is 1. The van der Waals surface area contributed by atoms with Crippen molar-refractivity contribution >= 4 is 64.9 Å². The smallest absolute Gasteiger partial charge is 0.282 e. The van der Waals surface area contributed by atoms with Gasteiger partial charge in [-0.2, -0.15) is 9.78 Å². The first-order chi connectivity index (χ1) is 14.4. The number of halogens is 3. The Morgan fingerprint density at radius 2 is 1.97 bits per heavy atom. The molecule has 0 aliphatic carbocycles. The lowest BCUT2D eigenvalue weighted by Gasteiger charge is -2.12. The fourth-order valence-corrected chi connectivity index (χ4v) is 4.09. The normalized spacial score (nSPS) is 11.5. The Kier molecular flexibility index (Phi) is 7.70. The van der Waals surface area contributed by atoms with Crippen LogP contribution in [0.2, 0.25) is 0 Å². The molecule has 1 aromatic heterocycles. The number of benzene rings is 2. The van der Waals surface area contributed by atoms with Crippen LogP contribution in [0.5, 0.6) is 11.5 Å². The lowest BCUT2D eigenvalue weighted by Crippen LogP contribution is -2.22. The topological polar surface area (TPSA) is 76.7 Å². The molecule has 0 fully saturated rings. The van der Waals surface area contributed by atoms with E-state index in [-0.39, 0.29) is 11.3 Å². The van der Waals surface area contributed by atoms with Gasteiger partial charge in [-0.15, -0.1) is 0 Å². The van der Waals surface area contributed by atoms with Gasteiger partial charge >= 0.3 is 0 Å². The summed E-state index contributed by atoms with van der Waals surface area (Å²) >= 11 is 10.2. The lowest BCUT2D eigenvalue weighted by molar-refractivity contribution is 0.317. The summed E-state index contributed by atoms with van der Waals surface area (Å²) in [6.45, 7) is 4.33. The molecule has 9 heteroatoms. The van der Waals surface area contributed by atoms with Crippen molar-refractivity contribution in [2.24, 2.45) is 5.10 Å². The summed E-state index contributed by atoms with van der Waals surface area (Å²) in [6.07, 6.45) is 4.07. The van der Waals surface area contributed by atoms with Crippen molar-refractivity contribution in [1.82, 2.24) is 9.66 Å². The third-order valence-electron chi connectivity index (χ3n) is 4.42. The van der Waals surface area contributed by atoms with Gasteiger partial charge in [0.1, 0.15) is 5.82 Å². The number of phenols is 1. The summed E-state index contributed by atoms with van der Waals surface area (Å²) in [5, 5.41) is 15.2. The zero-order chi connectivity index (χ0) is 21.8. The quantitative estimate of drug-likeness (QED) is 0.336. The summed E-state index contributed by atoms with van der Waals surface area (Å²) in [4.78, 5) is 17.8. The predicted molar refractivity (Wildman–Crippen MR) is 130 cm³/mol. The molecule has 1 heterocycles. The van der Waals surface area contributed by atoms with Crippen molar-refractivity contribution < 1.29 is 9.84 Å². The maximum Gasteiger partial charge on any atom is 0.282 e. The summed E-state index contributed by atoms with van der Waals surface area (Å²) < 4.78 is 8.69. The Balaban J connectivity index is 2.15. The number of phenolic OH excluding ortho intramolecular Hbond substituents is 1. The van der Waals surface area contributed by atoms with E-state index in [1.165, 1.54) is 4.68 Å². The molecule has 0 amide bonds. The first kappa shape index (κ1) is 23.0. The van der Waals surface area contributed by atoms with Crippen LogP contribution in [0, 0.1) is 0 Å². The van der Waals surface area contributed by atoms with E-state index in [1.54, 1.807) is 18.3 Å². The van der Waals surface area contributed by atoms with E-state index in [1.807, 2.05) is 19.1 Å². The van der Waals surface area contributed by atoms with E-state index < -0.39 is 0 Å². The minimum atomic E-state index is -0.234. The Labute approximate surface area is 199 Å². The van der Waals surface area contributed by atoms with Crippen LogP contribution in [0.4, 0.5) is 0 Å². The summed E-state index contributed by atoms with van der Waals surface area (Å²) in [6, 6.07) is 7.11. The van der Waals surface area contributed by atoms with Gasteiger partial charge in [0.15, 0.2) is 11.5 Å². The second kappa shape index (κ2) is 10.1. The molecule has 0 radical (unpaired) electrons. The Morgan fingerprint density at radius 1 is 1.20 bits per heavy atom. The fraction of sp³-hybridized carbons (Fsp3) is 0.286. The van der Waals surface area contributed by atoms with E-state index in [0.29, 0.717) is 50.0 Å². The number of nitrogens with zero attached hydrogens (tertiary/aromatic N) is 3. The van der Waals surface area contributed by atoms with Crippen LogP contribution in [0.25, 0.3) is 10.9 Å². The first-order valence-electron chi connectivity index (χ1n) is 9.46. The molecule has 0 aliphatic heterocycles. The molecule has 0 atom stereocenters. The van der Waals surface area contributed by atoms with Crippen molar-refractivity contribution in [3.05, 3.63) is 59.4 Å². The van der Waals surface area contributed by atoms with Gasteiger partial charge in [0.25, 0.3) is 5.56 Å². The van der Waals surface area contributed by atoms with Crippen molar-refractivity contribution in [3.8, 4) is 11.5 Å². The van der Waals surface area contributed by atoms with Gasteiger partial charge in [-0.3, -0.25) is 4.79 Å². The van der Waals surface area contributed by atoms with Crippen LogP contribution >= 0.6 is 47.8 Å². The summed E-state index contributed by atoms with van der Waals surface area (Å²) in [5.74, 6) is 0.930. The molecule has 1 N–H and O–H groups in total. The predicted octanol–water partition coefficient (Wildman–Crippen LogP) is 6.01. The average molecular weight is 602 g/mol. The second-order valence-corrected chi connectivity index (χ2v) is 9.03. The van der Waals surface area contributed by atoms with E-state index in [2.05, 4.69) is 64.8 Å². The van der Waals surface area contributed by atoms with Crippen LogP contribution in [-0.2, 0) is 6.42 Å². The van der Waals surface area contributed by atoms with Crippen molar-refractivity contribution in [2.45, 2.75) is 33.1 Å². The number of aryl methyl sites for hydroxylation is 1.